The summed E-state index contributed by atoms with van der Waals surface area (Å²) in [5, 5.41) is 3.63. The van der Waals surface area contributed by atoms with Gasteiger partial charge in [-0.15, -0.1) is 0 Å². The number of hydrogen-bond acceptors (Lipinski definition) is 4. The molecule has 5 N–H and O–H groups in total. The number of amides is 1. The van der Waals surface area contributed by atoms with Crippen molar-refractivity contribution in [3.05, 3.63) is 69.8 Å². The zero-order chi connectivity index (χ0) is 31.5. The average Bonchev–Trinajstić information content (AvgIpc) is 3.40. The van der Waals surface area contributed by atoms with Gasteiger partial charge in [-0.05, 0) is 93.7 Å². The molecule has 2 aromatic carbocycles. The van der Waals surface area contributed by atoms with Crippen molar-refractivity contribution >= 4 is 11.9 Å². The lowest BCUT2D eigenvalue weighted by molar-refractivity contribution is -0.136. The van der Waals surface area contributed by atoms with Crippen LogP contribution in [0.2, 0.25) is 0 Å². The fraction of sp³-hybridized carbons (Fsp3) is 0.588. The average molecular weight is 597 g/mol. The van der Waals surface area contributed by atoms with Crippen molar-refractivity contribution in [3.8, 4) is 0 Å². The monoisotopic (exact) mass is 596 g/mol. The van der Waals surface area contributed by atoms with Crippen LogP contribution in [-0.2, 0) is 4.79 Å². The highest BCUT2D eigenvalue weighted by Crippen LogP contribution is 2.40. The summed E-state index contributed by atoms with van der Waals surface area (Å²) in [5.74, 6) is -1.34. The zero-order valence-electron chi connectivity index (χ0n) is 26.7. The van der Waals surface area contributed by atoms with E-state index in [0.29, 0.717) is 50.7 Å². The minimum Gasteiger partial charge on any atom is -0.370 e. The van der Waals surface area contributed by atoms with Gasteiger partial charge in [0.15, 0.2) is 5.96 Å². The highest BCUT2D eigenvalue weighted by Gasteiger charge is 2.44. The molecule has 0 bridgehead atoms. The topological polar surface area (TPSA) is 100.0 Å². The first-order valence-corrected chi connectivity index (χ1v) is 15.7. The van der Waals surface area contributed by atoms with Gasteiger partial charge in [0, 0.05) is 56.3 Å². The maximum Gasteiger partial charge on any atom is 0.227 e. The Bertz CT molecular complexity index is 1310. The van der Waals surface area contributed by atoms with Gasteiger partial charge < -0.3 is 21.7 Å². The van der Waals surface area contributed by atoms with Crippen LogP contribution < -0.4 is 16.8 Å². The van der Waals surface area contributed by atoms with Gasteiger partial charge in [0.2, 0.25) is 5.91 Å². The maximum absolute atomic E-state index is 15.0. The Morgan fingerprint density at radius 3 is 2.33 bits per heavy atom. The summed E-state index contributed by atoms with van der Waals surface area (Å²) in [5.41, 5.74) is 16.5. The molecule has 7 nitrogen and oxygen atoms in total. The van der Waals surface area contributed by atoms with Gasteiger partial charge in [-0.2, -0.15) is 0 Å². The minimum atomic E-state index is -0.600. The molecule has 0 saturated carbocycles. The highest BCUT2D eigenvalue weighted by molar-refractivity contribution is 5.81. The molecule has 2 heterocycles. The number of nitrogens with two attached hydrogens (primary N) is 2. The summed E-state index contributed by atoms with van der Waals surface area (Å²) in [4.78, 5) is 22.4. The van der Waals surface area contributed by atoms with Gasteiger partial charge in [0.05, 0.1) is 12.5 Å². The van der Waals surface area contributed by atoms with Crippen LogP contribution in [0.5, 0.6) is 0 Å². The van der Waals surface area contributed by atoms with E-state index in [1.807, 2.05) is 4.90 Å². The molecule has 3 atom stereocenters. The van der Waals surface area contributed by atoms with Crippen molar-refractivity contribution in [2.24, 2.45) is 22.4 Å². The lowest BCUT2D eigenvalue weighted by atomic mass is 9.81. The molecule has 2 fully saturated rings. The molecule has 9 heteroatoms. The molecular formula is C34H50F2N6O. The van der Waals surface area contributed by atoms with E-state index in [9.17, 15) is 13.6 Å². The molecule has 1 amide bonds. The molecule has 0 aliphatic carbocycles. The molecule has 0 aromatic heterocycles. The van der Waals surface area contributed by atoms with Gasteiger partial charge in [-0.1, -0.05) is 25.1 Å². The Balaban J connectivity index is 1.51. The number of rotatable bonds is 9. The SMILES string of the molecule is CCC(NCCN=C(N)N)c1cc(C)c(C)cc1C1CCN(C(=O)[C@@H]2CN(C(C)(C)C)C[C@H]2c2ccc(F)cc2F)CC1. The number of carbonyl (C=O) groups excluding carboxylic acids is 1. The number of benzene rings is 2. The van der Waals surface area contributed by atoms with Crippen molar-refractivity contribution in [2.45, 2.75) is 84.2 Å². The number of likely N-dealkylation sites (tertiary alicyclic amines) is 2. The lowest BCUT2D eigenvalue weighted by Crippen LogP contribution is -2.44. The summed E-state index contributed by atoms with van der Waals surface area (Å²) in [6, 6.07) is 8.57. The van der Waals surface area contributed by atoms with Crippen LogP contribution in [0.4, 0.5) is 8.78 Å². The molecule has 43 heavy (non-hydrogen) atoms. The highest BCUT2D eigenvalue weighted by atomic mass is 19.1. The van der Waals surface area contributed by atoms with E-state index in [2.05, 4.69) is 68.9 Å². The first-order valence-electron chi connectivity index (χ1n) is 15.7. The number of guanidine groups is 1. The molecule has 0 spiro atoms. The van der Waals surface area contributed by atoms with Crippen LogP contribution in [0.25, 0.3) is 0 Å². The van der Waals surface area contributed by atoms with Crippen molar-refractivity contribution in [3.63, 3.8) is 0 Å². The number of carbonyl (C=O) groups is 1. The van der Waals surface area contributed by atoms with Crippen LogP contribution >= 0.6 is 0 Å². The number of nitrogens with one attached hydrogen (secondary N) is 1. The number of halogens is 2. The van der Waals surface area contributed by atoms with Crippen molar-refractivity contribution in [1.29, 1.82) is 0 Å². The fourth-order valence-electron chi connectivity index (χ4n) is 6.78. The smallest absolute Gasteiger partial charge is 0.227 e. The first-order chi connectivity index (χ1) is 20.3. The predicted octanol–water partition coefficient (Wildman–Crippen LogP) is 5.12. The van der Waals surface area contributed by atoms with Crippen LogP contribution in [0, 0.1) is 31.4 Å². The number of aryl methyl sites for hydroxylation is 2. The Morgan fingerprint density at radius 2 is 1.72 bits per heavy atom. The van der Waals surface area contributed by atoms with Crippen LogP contribution in [0.15, 0.2) is 35.3 Å². The summed E-state index contributed by atoms with van der Waals surface area (Å²) in [6.45, 7) is 16.5. The second-order valence-electron chi connectivity index (χ2n) is 13.3. The van der Waals surface area contributed by atoms with Gasteiger partial charge in [-0.25, -0.2) is 8.78 Å². The van der Waals surface area contributed by atoms with E-state index >= 15 is 0 Å². The predicted molar refractivity (Wildman–Crippen MR) is 170 cm³/mol. The molecule has 2 aliphatic rings. The second-order valence-corrected chi connectivity index (χ2v) is 13.3. The number of hydrogen-bond donors (Lipinski definition) is 3. The van der Waals surface area contributed by atoms with Gasteiger partial charge in [0.1, 0.15) is 11.6 Å². The van der Waals surface area contributed by atoms with E-state index in [-0.39, 0.29) is 35.3 Å². The Kier molecular flexibility index (Phi) is 10.5. The summed E-state index contributed by atoms with van der Waals surface area (Å²) >= 11 is 0. The molecule has 4 rings (SSSR count). The van der Waals surface area contributed by atoms with E-state index in [0.717, 1.165) is 25.3 Å². The third-order valence-corrected chi connectivity index (χ3v) is 9.47. The van der Waals surface area contributed by atoms with E-state index in [4.69, 9.17) is 11.5 Å². The lowest BCUT2D eigenvalue weighted by Gasteiger charge is -2.36. The molecule has 1 unspecified atom stereocenters. The largest absolute Gasteiger partial charge is 0.370 e. The molecule has 2 saturated heterocycles. The van der Waals surface area contributed by atoms with Gasteiger partial charge >= 0.3 is 0 Å². The standard InChI is InChI=1S/C34H50F2N6O/c1-7-31(39-12-13-40-33(37)38)27-17-22(3)21(2)16-26(27)23-10-14-41(15-11-23)32(43)29-20-42(34(4,5)6)19-28(29)25-9-8-24(35)18-30(25)36/h8-9,16-18,23,28-29,31,39H,7,10-15,19-20H2,1-6H3,(H4,37,38,40)/t28-,29+,31?/m0/s1. The normalized spacial score (nSPS) is 20.8. The van der Waals surface area contributed by atoms with E-state index in [1.54, 1.807) is 0 Å². The summed E-state index contributed by atoms with van der Waals surface area (Å²) in [7, 11) is 0. The number of aliphatic imine (C=N–C) groups is 1. The molecule has 2 aromatic rings. The van der Waals surface area contributed by atoms with Gasteiger partial charge in [0.25, 0.3) is 0 Å². The minimum absolute atomic E-state index is 0.0760. The third-order valence-electron chi connectivity index (χ3n) is 9.47. The summed E-state index contributed by atoms with van der Waals surface area (Å²) in [6.07, 6.45) is 2.68. The molecule has 2 aliphatic heterocycles. The quantitative estimate of drug-likeness (QED) is 0.212. The first kappa shape index (κ1) is 32.9. The number of piperidine rings is 1. The molecule has 0 radical (unpaired) electrons. The van der Waals surface area contributed by atoms with E-state index < -0.39 is 11.6 Å². The van der Waals surface area contributed by atoms with Crippen molar-refractivity contribution in [2.75, 3.05) is 39.3 Å². The van der Waals surface area contributed by atoms with Gasteiger partial charge in [-0.3, -0.25) is 14.7 Å². The molecular weight excluding hydrogens is 546 g/mol. The number of nitrogens with zero attached hydrogens (tertiary/aromatic N) is 3. The third kappa shape index (κ3) is 7.73. The summed E-state index contributed by atoms with van der Waals surface area (Å²) < 4.78 is 28.7. The van der Waals surface area contributed by atoms with Crippen LogP contribution in [0.1, 0.15) is 92.7 Å². The van der Waals surface area contributed by atoms with Crippen LogP contribution in [-0.4, -0.2) is 66.5 Å². The molecule has 236 valence electrons. The maximum atomic E-state index is 15.0. The van der Waals surface area contributed by atoms with Crippen LogP contribution in [0.3, 0.4) is 0 Å². The van der Waals surface area contributed by atoms with Crippen molar-refractivity contribution < 1.29 is 13.6 Å². The fourth-order valence-corrected chi connectivity index (χ4v) is 6.78. The zero-order valence-corrected chi connectivity index (χ0v) is 26.7. The Morgan fingerprint density at radius 1 is 1.05 bits per heavy atom. The Hall–Kier alpha value is -3.04. The van der Waals surface area contributed by atoms with E-state index in [1.165, 1.54) is 34.4 Å². The second kappa shape index (κ2) is 13.7. The Labute approximate surface area is 256 Å². The van der Waals surface area contributed by atoms with Crippen molar-refractivity contribution in [1.82, 2.24) is 15.1 Å².